The maximum Gasteiger partial charge on any atom is 0.274 e. The number of sulfonamides is 1. The van der Waals surface area contributed by atoms with Gasteiger partial charge in [0.2, 0.25) is 10.0 Å². The molecule has 0 unspecified atom stereocenters. The third-order valence-electron chi connectivity index (χ3n) is 7.59. The average Bonchev–Trinajstić information content (AvgIpc) is 3.56. The van der Waals surface area contributed by atoms with Crippen LogP contribution in [-0.4, -0.2) is 82.6 Å². The van der Waals surface area contributed by atoms with Gasteiger partial charge in [0.15, 0.2) is 0 Å². The number of rotatable bonds is 17. The molecule has 1 aliphatic heterocycles. The lowest BCUT2D eigenvalue weighted by atomic mass is 10.0. The highest BCUT2D eigenvalue weighted by molar-refractivity contribution is 7.92. The number of fused-ring (bicyclic) bond motifs is 1. The molecule has 3 N–H and O–H groups in total. The number of hydrogen-bond donors (Lipinski definition) is 3. The summed E-state index contributed by atoms with van der Waals surface area (Å²) in [6, 6.07) is 14.1. The summed E-state index contributed by atoms with van der Waals surface area (Å²) in [5, 5.41) is 4.02. The van der Waals surface area contributed by atoms with Gasteiger partial charge >= 0.3 is 0 Å². The van der Waals surface area contributed by atoms with E-state index < -0.39 is 10.0 Å². The Morgan fingerprint density at radius 1 is 0.913 bits per heavy atom. The molecule has 4 aromatic rings. The van der Waals surface area contributed by atoms with E-state index in [1.165, 1.54) is 4.57 Å². The van der Waals surface area contributed by atoms with Crippen LogP contribution in [-0.2, 0) is 31.3 Å². The van der Waals surface area contributed by atoms with E-state index in [1.54, 1.807) is 56.7 Å². The largest absolute Gasteiger partial charge is 0.491 e. The number of pyridine rings is 1. The van der Waals surface area contributed by atoms with Gasteiger partial charge in [-0.3, -0.25) is 9.52 Å². The van der Waals surface area contributed by atoms with Gasteiger partial charge in [0.25, 0.3) is 5.56 Å². The fourth-order valence-corrected chi connectivity index (χ4v) is 5.79. The number of ether oxygens (including phenoxy) is 5. The van der Waals surface area contributed by atoms with E-state index in [4.69, 9.17) is 23.7 Å². The van der Waals surface area contributed by atoms with Crippen LogP contribution in [0.5, 0.6) is 17.2 Å². The molecule has 13 heteroatoms. The van der Waals surface area contributed by atoms with Crippen molar-refractivity contribution in [2.45, 2.75) is 25.9 Å². The zero-order valence-corrected chi connectivity index (χ0v) is 27.1. The highest BCUT2D eigenvalue weighted by Crippen LogP contribution is 2.39. The first-order valence-electron chi connectivity index (χ1n) is 15.5. The molecule has 0 amide bonds. The number of H-pyrrole nitrogens is 1. The van der Waals surface area contributed by atoms with Crippen molar-refractivity contribution < 1.29 is 32.1 Å². The third kappa shape index (κ3) is 9.10. The van der Waals surface area contributed by atoms with Gasteiger partial charge in [-0.25, -0.2) is 8.42 Å². The maximum absolute atomic E-state index is 12.7. The standard InChI is InChI=1S/C33H42N4O8S/c1-3-46(39,40)36-24-7-8-31(29(21-24)30-23-37(2)33(38)32-28(30)11-14-35-32)45-27-6-4-5-26(22-27)44-20-18-42-16-15-41-17-19-43-25-9-12-34-13-10-25/h4-8,11,14,21-23,25,34-36H,3,9-10,12-13,15-20H2,1-2H3. The van der Waals surface area contributed by atoms with E-state index in [0.29, 0.717) is 90.7 Å². The molecule has 2 aromatic carbocycles. The predicted molar refractivity (Wildman–Crippen MR) is 178 cm³/mol. The van der Waals surface area contributed by atoms with Gasteiger partial charge in [0.05, 0.1) is 44.9 Å². The molecule has 46 heavy (non-hydrogen) atoms. The Morgan fingerprint density at radius 3 is 2.43 bits per heavy atom. The summed E-state index contributed by atoms with van der Waals surface area (Å²) in [7, 11) is -1.85. The molecule has 0 spiro atoms. The zero-order chi connectivity index (χ0) is 32.4. The van der Waals surface area contributed by atoms with Crippen LogP contribution in [0.2, 0.25) is 0 Å². The van der Waals surface area contributed by atoms with Gasteiger partial charge in [-0.1, -0.05) is 6.07 Å². The number of piperidine rings is 1. The summed E-state index contributed by atoms with van der Waals surface area (Å²) in [4.78, 5) is 15.7. The fraction of sp³-hybridized carbons (Fsp3) is 0.424. The molecule has 0 saturated carbocycles. The van der Waals surface area contributed by atoms with Crippen molar-refractivity contribution in [2.24, 2.45) is 7.05 Å². The number of anilines is 1. The van der Waals surface area contributed by atoms with E-state index >= 15 is 0 Å². The molecule has 1 saturated heterocycles. The molecule has 0 bridgehead atoms. The third-order valence-corrected chi connectivity index (χ3v) is 8.89. The van der Waals surface area contributed by atoms with Crippen molar-refractivity contribution in [3.05, 3.63) is 71.3 Å². The lowest BCUT2D eigenvalue weighted by Gasteiger charge is -2.22. The number of benzene rings is 2. The molecule has 12 nitrogen and oxygen atoms in total. The monoisotopic (exact) mass is 654 g/mol. The maximum atomic E-state index is 12.7. The Morgan fingerprint density at radius 2 is 1.65 bits per heavy atom. The molecule has 0 aliphatic carbocycles. The summed E-state index contributed by atoms with van der Waals surface area (Å²) < 4.78 is 58.0. The second-order valence-corrected chi connectivity index (χ2v) is 12.9. The first-order chi connectivity index (χ1) is 22.3. The van der Waals surface area contributed by atoms with Crippen LogP contribution in [0.3, 0.4) is 0 Å². The van der Waals surface area contributed by atoms with Gasteiger partial charge in [-0.15, -0.1) is 0 Å². The van der Waals surface area contributed by atoms with Crippen LogP contribution >= 0.6 is 0 Å². The summed E-state index contributed by atoms with van der Waals surface area (Å²) in [6.45, 7) is 6.44. The molecule has 0 radical (unpaired) electrons. The van der Waals surface area contributed by atoms with Crippen LogP contribution < -0.4 is 25.1 Å². The van der Waals surface area contributed by atoms with Crippen molar-refractivity contribution in [2.75, 3.05) is 63.2 Å². The fourth-order valence-electron chi connectivity index (χ4n) is 5.16. The summed E-state index contributed by atoms with van der Waals surface area (Å²) in [5.41, 5.74) is 1.96. The molecule has 5 rings (SSSR count). The molecule has 3 heterocycles. The number of aryl methyl sites for hydroxylation is 1. The van der Waals surface area contributed by atoms with E-state index in [0.717, 1.165) is 25.9 Å². The average molecular weight is 655 g/mol. The predicted octanol–water partition coefficient (Wildman–Crippen LogP) is 4.27. The Bertz CT molecular complexity index is 1750. The first-order valence-corrected chi connectivity index (χ1v) is 17.2. The molecular weight excluding hydrogens is 612 g/mol. The SMILES string of the molecule is CCS(=O)(=O)Nc1ccc(Oc2cccc(OCCOCCOCCOC3CCNCC3)c2)c(-c2cn(C)c(=O)c3[nH]ccc23)c1. The Labute approximate surface area is 269 Å². The lowest BCUT2D eigenvalue weighted by molar-refractivity contribution is -0.0214. The van der Waals surface area contributed by atoms with Crippen molar-refractivity contribution in [1.82, 2.24) is 14.9 Å². The quantitative estimate of drug-likeness (QED) is 0.142. The van der Waals surface area contributed by atoms with E-state index in [9.17, 15) is 13.2 Å². The van der Waals surface area contributed by atoms with Crippen molar-refractivity contribution in [3.8, 4) is 28.4 Å². The number of aromatic amines is 1. The Balaban J connectivity index is 1.18. The Hall–Kier alpha value is -3.88. The highest BCUT2D eigenvalue weighted by atomic mass is 32.2. The first kappa shape index (κ1) is 33.5. The molecule has 248 valence electrons. The zero-order valence-electron chi connectivity index (χ0n) is 26.3. The van der Waals surface area contributed by atoms with Gasteiger partial charge < -0.3 is 38.6 Å². The minimum atomic E-state index is -3.51. The van der Waals surface area contributed by atoms with Gasteiger partial charge in [0, 0.05) is 47.7 Å². The minimum absolute atomic E-state index is 0.0672. The molecule has 0 atom stereocenters. The van der Waals surface area contributed by atoms with Crippen LogP contribution in [0.15, 0.2) is 65.7 Å². The number of aromatic nitrogens is 2. The minimum Gasteiger partial charge on any atom is -0.491 e. The van der Waals surface area contributed by atoms with Crippen LogP contribution in [0, 0.1) is 0 Å². The van der Waals surface area contributed by atoms with E-state index in [2.05, 4.69) is 15.0 Å². The van der Waals surface area contributed by atoms with Crippen molar-refractivity contribution >= 4 is 26.6 Å². The van der Waals surface area contributed by atoms with Crippen molar-refractivity contribution in [1.29, 1.82) is 0 Å². The smallest absolute Gasteiger partial charge is 0.274 e. The van der Waals surface area contributed by atoms with Crippen LogP contribution in [0.1, 0.15) is 19.8 Å². The van der Waals surface area contributed by atoms with Gasteiger partial charge in [0.1, 0.15) is 29.4 Å². The summed E-state index contributed by atoms with van der Waals surface area (Å²) in [6.07, 6.45) is 5.84. The Kier molecular flexibility index (Phi) is 11.7. The molecular formula is C33H42N4O8S. The van der Waals surface area contributed by atoms with E-state index in [1.807, 2.05) is 18.2 Å². The van der Waals surface area contributed by atoms with Crippen molar-refractivity contribution in [3.63, 3.8) is 0 Å². The summed E-state index contributed by atoms with van der Waals surface area (Å²) >= 11 is 0. The van der Waals surface area contributed by atoms with Crippen LogP contribution in [0.25, 0.3) is 22.0 Å². The highest BCUT2D eigenvalue weighted by Gasteiger charge is 2.17. The normalized spacial score (nSPS) is 14.0. The topological polar surface area (TPSA) is 142 Å². The number of nitrogens with one attached hydrogen (secondary N) is 3. The number of hydrogen-bond acceptors (Lipinski definition) is 9. The molecule has 1 aliphatic rings. The second kappa shape index (κ2) is 16.1. The van der Waals surface area contributed by atoms with Gasteiger partial charge in [-0.05, 0) is 69.3 Å². The van der Waals surface area contributed by atoms with Gasteiger partial charge in [-0.2, -0.15) is 0 Å². The summed E-state index contributed by atoms with van der Waals surface area (Å²) in [5.74, 6) is 1.54. The second-order valence-electron chi connectivity index (χ2n) is 10.9. The lowest BCUT2D eigenvalue weighted by Crippen LogP contribution is -2.33. The molecule has 1 fully saturated rings. The molecule has 2 aromatic heterocycles. The van der Waals surface area contributed by atoms with E-state index in [-0.39, 0.29) is 11.3 Å². The number of nitrogens with zero attached hydrogens (tertiary/aromatic N) is 1. The van der Waals surface area contributed by atoms with Crippen LogP contribution in [0.4, 0.5) is 5.69 Å².